The summed E-state index contributed by atoms with van der Waals surface area (Å²) in [5.74, 6) is 7.82. The number of benzene rings is 1. The Bertz CT molecular complexity index is 829. The number of carbonyl (C=O) groups excluding carboxylic acids is 1. The van der Waals surface area contributed by atoms with Crippen LogP contribution >= 0.6 is 11.8 Å². The number of ether oxygens (including phenoxy) is 1. The average Bonchev–Trinajstić information content (AvgIpc) is 3.04. The predicted molar refractivity (Wildman–Crippen MR) is 115 cm³/mol. The first-order valence-corrected chi connectivity index (χ1v) is 11.1. The lowest BCUT2D eigenvalue weighted by molar-refractivity contribution is -0.131. The van der Waals surface area contributed by atoms with Gasteiger partial charge in [-0.2, -0.15) is 0 Å². The zero-order valence-corrected chi connectivity index (χ0v) is 18.5. The summed E-state index contributed by atoms with van der Waals surface area (Å²) in [5.41, 5.74) is 1.35. The second-order valence-electron chi connectivity index (χ2n) is 8.55. The fourth-order valence-corrected chi connectivity index (χ4v) is 4.14. The first-order valence-electron chi connectivity index (χ1n) is 10.1. The number of nitrogen functional groups attached to an aromatic ring is 1. The standard InChI is InChI=1S/C21H31N5O2S/c1-15-7-5-6-12-25(15)19(27)14-29-20-24-23-18(26(20)22)13-28-17-10-8-16(9-11-17)21(2,3)4/h8-11,15H,5-7,12-14,22H2,1-4H3. The van der Waals surface area contributed by atoms with Crippen LogP contribution in [0.1, 0.15) is 58.3 Å². The molecular formula is C21H31N5O2S. The third-order valence-corrected chi connectivity index (χ3v) is 6.20. The van der Waals surface area contributed by atoms with E-state index in [1.165, 1.54) is 28.4 Å². The quantitative estimate of drug-likeness (QED) is 0.573. The molecule has 2 aromatic rings. The smallest absolute Gasteiger partial charge is 0.233 e. The van der Waals surface area contributed by atoms with Crippen molar-refractivity contribution in [3.63, 3.8) is 0 Å². The molecular weight excluding hydrogens is 386 g/mol. The van der Waals surface area contributed by atoms with Crippen molar-refractivity contribution in [2.75, 3.05) is 18.1 Å². The fraction of sp³-hybridized carbons (Fsp3) is 0.571. The molecule has 3 rings (SSSR count). The van der Waals surface area contributed by atoms with Gasteiger partial charge in [0.15, 0.2) is 5.82 Å². The third-order valence-electron chi connectivity index (χ3n) is 5.27. The fourth-order valence-electron chi connectivity index (χ4n) is 3.38. The van der Waals surface area contributed by atoms with Gasteiger partial charge in [0.05, 0.1) is 5.75 Å². The summed E-state index contributed by atoms with van der Waals surface area (Å²) >= 11 is 1.32. The van der Waals surface area contributed by atoms with Gasteiger partial charge in [0.1, 0.15) is 12.4 Å². The zero-order valence-electron chi connectivity index (χ0n) is 17.7. The van der Waals surface area contributed by atoms with Crippen molar-refractivity contribution in [2.24, 2.45) is 0 Å². The highest BCUT2D eigenvalue weighted by atomic mass is 32.2. The van der Waals surface area contributed by atoms with Crippen molar-refractivity contribution in [3.8, 4) is 5.75 Å². The van der Waals surface area contributed by atoms with Crippen LogP contribution in [0.15, 0.2) is 29.4 Å². The molecule has 8 heteroatoms. The Morgan fingerprint density at radius 2 is 1.97 bits per heavy atom. The molecule has 2 N–H and O–H groups in total. The largest absolute Gasteiger partial charge is 0.486 e. The van der Waals surface area contributed by atoms with Crippen LogP contribution in [0, 0.1) is 0 Å². The number of hydrogen-bond acceptors (Lipinski definition) is 6. The highest BCUT2D eigenvalue weighted by Crippen LogP contribution is 2.25. The second kappa shape index (κ2) is 9.07. The molecule has 1 amide bonds. The molecule has 1 aromatic carbocycles. The number of aromatic nitrogens is 3. The van der Waals surface area contributed by atoms with E-state index in [0.29, 0.717) is 22.8 Å². The van der Waals surface area contributed by atoms with Crippen molar-refractivity contribution in [1.82, 2.24) is 19.8 Å². The van der Waals surface area contributed by atoms with Gasteiger partial charge >= 0.3 is 0 Å². The van der Waals surface area contributed by atoms with Crippen molar-refractivity contribution < 1.29 is 9.53 Å². The van der Waals surface area contributed by atoms with Gasteiger partial charge in [-0.05, 0) is 49.3 Å². The van der Waals surface area contributed by atoms with E-state index < -0.39 is 0 Å². The maximum Gasteiger partial charge on any atom is 0.233 e. The molecule has 1 unspecified atom stereocenters. The number of thioether (sulfide) groups is 1. The van der Waals surface area contributed by atoms with Crippen LogP contribution in [-0.2, 0) is 16.8 Å². The number of nitrogens with zero attached hydrogens (tertiary/aromatic N) is 4. The minimum Gasteiger partial charge on any atom is -0.486 e. The maximum atomic E-state index is 12.5. The molecule has 158 valence electrons. The Labute approximate surface area is 177 Å². The molecule has 0 radical (unpaired) electrons. The van der Waals surface area contributed by atoms with E-state index in [2.05, 4.69) is 50.0 Å². The summed E-state index contributed by atoms with van der Waals surface area (Å²) in [4.78, 5) is 14.4. The zero-order chi connectivity index (χ0) is 21.0. The predicted octanol–water partition coefficient (Wildman–Crippen LogP) is 3.36. The van der Waals surface area contributed by atoms with Gasteiger partial charge in [-0.1, -0.05) is 44.7 Å². The van der Waals surface area contributed by atoms with Crippen molar-refractivity contribution in [2.45, 2.75) is 70.2 Å². The van der Waals surface area contributed by atoms with E-state index >= 15 is 0 Å². The lowest BCUT2D eigenvalue weighted by Crippen LogP contribution is -2.43. The number of likely N-dealkylation sites (tertiary alicyclic amines) is 1. The highest BCUT2D eigenvalue weighted by Gasteiger charge is 2.24. The topological polar surface area (TPSA) is 86.3 Å². The number of nitrogens with two attached hydrogens (primary N) is 1. The molecule has 7 nitrogen and oxygen atoms in total. The molecule has 0 spiro atoms. The van der Waals surface area contributed by atoms with E-state index in [4.69, 9.17) is 10.6 Å². The number of amides is 1. The van der Waals surface area contributed by atoms with Crippen molar-refractivity contribution in [1.29, 1.82) is 0 Å². The summed E-state index contributed by atoms with van der Waals surface area (Å²) in [5, 5.41) is 8.74. The monoisotopic (exact) mass is 417 g/mol. The summed E-state index contributed by atoms with van der Waals surface area (Å²) in [6, 6.07) is 8.34. The van der Waals surface area contributed by atoms with Crippen molar-refractivity contribution in [3.05, 3.63) is 35.7 Å². The van der Waals surface area contributed by atoms with E-state index in [-0.39, 0.29) is 17.9 Å². The van der Waals surface area contributed by atoms with E-state index in [9.17, 15) is 4.79 Å². The lowest BCUT2D eigenvalue weighted by atomic mass is 9.87. The Morgan fingerprint density at radius 3 is 2.62 bits per heavy atom. The van der Waals surface area contributed by atoms with Gasteiger partial charge in [-0.25, -0.2) is 4.68 Å². The average molecular weight is 418 g/mol. The Balaban J connectivity index is 1.53. The number of piperidine rings is 1. The molecule has 2 heterocycles. The molecule has 0 saturated carbocycles. The van der Waals surface area contributed by atoms with Crippen LogP contribution < -0.4 is 10.6 Å². The number of hydrogen-bond donors (Lipinski definition) is 1. The van der Waals surface area contributed by atoms with Gasteiger partial charge in [-0.15, -0.1) is 10.2 Å². The number of carbonyl (C=O) groups is 1. The minimum atomic E-state index is 0.103. The number of rotatable bonds is 6. The molecule has 29 heavy (non-hydrogen) atoms. The first-order chi connectivity index (χ1) is 13.8. The molecule has 1 fully saturated rings. The van der Waals surface area contributed by atoms with E-state index in [0.717, 1.165) is 25.1 Å². The van der Waals surface area contributed by atoms with Gasteiger partial charge < -0.3 is 15.5 Å². The molecule has 1 aliphatic heterocycles. The van der Waals surface area contributed by atoms with Crippen LogP contribution in [0.5, 0.6) is 5.75 Å². The molecule has 1 atom stereocenters. The SMILES string of the molecule is CC1CCCCN1C(=O)CSc1nnc(COc2ccc(C(C)(C)C)cc2)n1N. The Morgan fingerprint density at radius 1 is 1.24 bits per heavy atom. The minimum absolute atomic E-state index is 0.103. The summed E-state index contributed by atoms with van der Waals surface area (Å²) in [7, 11) is 0. The summed E-state index contributed by atoms with van der Waals surface area (Å²) in [6.45, 7) is 9.69. The van der Waals surface area contributed by atoms with E-state index in [1.807, 2.05) is 17.0 Å². The Kier molecular flexibility index (Phi) is 6.72. The van der Waals surface area contributed by atoms with Crippen LogP contribution in [-0.4, -0.2) is 44.0 Å². The maximum absolute atomic E-state index is 12.5. The molecule has 0 aliphatic carbocycles. The third kappa shape index (κ3) is 5.44. The lowest BCUT2D eigenvalue weighted by Gasteiger charge is -2.33. The molecule has 0 bridgehead atoms. The van der Waals surface area contributed by atoms with Gasteiger partial charge in [-0.3, -0.25) is 4.79 Å². The summed E-state index contributed by atoms with van der Waals surface area (Å²) < 4.78 is 7.20. The van der Waals surface area contributed by atoms with Crippen LogP contribution in [0.3, 0.4) is 0 Å². The first kappa shape index (κ1) is 21.5. The van der Waals surface area contributed by atoms with E-state index in [1.54, 1.807) is 0 Å². The van der Waals surface area contributed by atoms with Gasteiger partial charge in [0.2, 0.25) is 11.1 Å². The summed E-state index contributed by atoms with van der Waals surface area (Å²) in [6.07, 6.45) is 3.34. The van der Waals surface area contributed by atoms with Crippen LogP contribution in [0.25, 0.3) is 0 Å². The van der Waals surface area contributed by atoms with Crippen LogP contribution in [0.4, 0.5) is 0 Å². The molecule has 1 aliphatic rings. The highest BCUT2D eigenvalue weighted by molar-refractivity contribution is 7.99. The van der Waals surface area contributed by atoms with Crippen molar-refractivity contribution >= 4 is 17.7 Å². The normalized spacial score (nSPS) is 17.4. The van der Waals surface area contributed by atoms with Gasteiger partial charge in [0, 0.05) is 12.6 Å². The van der Waals surface area contributed by atoms with Gasteiger partial charge in [0.25, 0.3) is 0 Å². The molecule has 1 aromatic heterocycles. The molecule has 1 saturated heterocycles. The second-order valence-corrected chi connectivity index (χ2v) is 9.49. The Hall–Kier alpha value is -2.22. The van der Waals surface area contributed by atoms with Crippen LogP contribution in [0.2, 0.25) is 0 Å².